The first-order valence-corrected chi connectivity index (χ1v) is 13.3. The van der Waals surface area contributed by atoms with Gasteiger partial charge in [-0.3, -0.25) is 9.36 Å². The summed E-state index contributed by atoms with van der Waals surface area (Å²) in [5.41, 5.74) is 5.48. The van der Waals surface area contributed by atoms with Gasteiger partial charge in [0.25, 0.3) is 0 Å². The molecule has 4 atom stereocenters. The zero-order valence-electron chi connectivity index (χ0n) is 18.6. The summed E-state index contributed by atoms with van der Waals surface area (Å²) in [5, 5.41) is 10.7. The molecule has 9 heteroatoms. The van der Waals surface area contributed by atoms with E-state index >= 15 is 0 Å². The van der Waals surface area contributed by atoms with E-state index in [-0.39, 0.29) is 23.1 Å². The Morgan fingerprint density at radius 3 is 2.52 bits per heavy atom. The molecule has 0 spiro atoms. The summed E-state index contributed by atoms with van der Waals surface area (Å²) < 4.78 is 13.8. The summed E-state index contributed by atoms with van der Waals surface area (Å²) in [6, 6.07) is 10.3. The van der Waals surface area contributed by atoms with E-state index in [9.17, 15) is 14.7 Å². The Balaban J connectivity index is 1.94. The molecule has 0 saturated carbocycles. The van der Waals surface area contributed by atoms with Crippen LogP contribution in [0.3, 0.4) is 0 Å². The van der Waals surface area contributed by atoms with Crippen molar-refractivity contribution >= 4 is 19.9 Å². The number of rotatable bonds is 6. The molecule has 168 valence electrons. The number of aromatic nitrogens is 2. The van der Waals surface area contributed by atoms with E-state index in [1.165, 1.54) is 16.8 Å². The van der Waals surface area contributed by atoms with Gasteiger partial charge in [-0.2, -0.15) is 4.98 Å². The predicted octanol–water partition coefficient (Wildman–Crippen LogP) is 2.75. The minimum absolute atomic E-state index is 0.106. The highest BCUT2D eigenvalue weighted by atomic mass is 28.4. The number of benzene rings is 1. The molecule has 1 fully saturated rings. The van der Waals surface area contributed by atoms with Crippen LogP contribution in [0.1, 0.15) is 43.8 Å². The molecule has 1 saturated heterocycles. The highest BCUT2D eigenvalue weighted by molar-refractivity contribution is 6.74. The van der Waals surface area contributed by atoms with Crippen molar-refractivity contribution in [2.75, 3.05) is 5.73 Å². The molecule has 0 radical (unpaired) electrons. The van der Waals surface area contributed by atoms with Gasteiger partial charge in [0.15, 0.2) is 14.1 Å². The van der Waals surface area contributed by atoms with Crippen LogP contribution in [0.2, 0.25) is 18.1 Å². The molecule has 3 rings (SSSR count). The number of hydrogen-bond acceptors (Lipinski definition) is 7. The van der Waals surface area contributed by atoms with Crippen molar-refractivity contribution in [2.45, 2.75) is 69.9 Å². The van der Waals surface area contributed by atoms with Gasteiger partial charge in [0.1, 0.15) is 24.3 Å². The number of nitrogen functional groups attached to an aromatic ring is 1. The van der Waals surface area contributed by atoms with Gasteiger partial charge in [-0.1, -0.05) is 51.1 Å². The molecule has 0 aliphatic carbocycles. The van der Waals surface area contributed by atoms with Gasteiger partial charge in [-0.15, -0.1) is 0 Å². The first-order valence-electron chi connectivity index (χ1n) is 10.4. The Morgan fingerprint density at radius 2 is 1.94 bits per heavy atom. The minimum Gasteiger partial charge on any atom is -0.404 e. The number of carbonyl (C=O) groups is 1. The van der Waals surface area contributed by atoms with Crippen LogP contribution in [0.4, 0.5) is 5.82 Å². The summed E-state index contributed by atoms with van der Waals surface area (Å²) in [5.74, 6) is -0.146. The van der Waals surface area contributed by atoms with Crippen molar-refractivity contribution in [2.24, 2.45) is 0 Å². The standard InChI is InChI=1S/C22H31N3O5Si/c1-22(2,3)31(4,5)30-20(18(27)14-9-7-6-8-10-14)19-15(26)13-17(29-19)25-12-11-16(23)24-21(25)28/h6-12,15,17,19-20,26H,13H2,1-5H3,(H2,23,24,28)/t15-,17+,19-,20?/m0/s1. The largest absolute Gasteiger partial charge is 0.404 e. The number of anilines is 1. The maximum Gasteiger partial charge on any atom is 0.351 e. The lowest BCUT2D eigenvalue weighted by molar-refractivity contribution is -0.0676. The maximum absolute atomic E-state index is 13.4. The molecule has 0 bridgehead atoms. The number of nitrogens with two attached hydrogens (primary N) is 1. The molecule has 0 amide bonds. The van der Waals surface area contributed by atoms with E-state index in [0.29, 0.717) is 5.56 Å². The summed E-state index contributed by atoms with van der Waals surface area (Å²) >= 11 is 0. The van der Waals surface area contributed by atoms with Gasteiger partial charge < -0.3 is 20.0 Å². The quantitative estimate of drug-likeness (QED) is 0.519. The highest BCUT2D eigenvalue weighted by Crippen LogP contribution is 2.40. The molecule has 1 aromatic carbocycles. The summed E-state index contributed by atoms with van der Waals surface area (Å²) in [6.45, 7) is 10.3. The number of Topliss-reactive ketones (excluding diaryl/α,β-unsaturated/α-hetero) is 1. The topological polar surface area (TPSA) is 117 Å². The third-order valence-electron chi connectivity index (χ3n) is 6.14. The number of aliphatic hydroxyl groups is 1. The van der Waals surface area contributed by atoms with Gasteiger partial charge in [-0.05, 0) is 24.2 Å². The number of ether oxygens (including phenoxy) is 1. The van der Waals surface area contributed by atoms with Gasteiger partial charge in [0.2, 0.25) is 0 Å². The Hall–Kier alpha value is -2.33. The lowest BCUT2D eigenvalue weighted by Gasteiger charge is -2.40. The van der Waals surface area contributed by atoms with E-state index in [4.69, 9.17) is 14.9 Å². The van der Waals surface area contributed by atoms with E-state index in [1.54, 1.807) is 24.3 Å². The first kappa shape index (κ1) is 23.3. The van der Waals surface area contributed by atoms with E-state index in [0.717, 1.165) is 0 Å². The molecule has 3 N–H and O–H groups in total. The van der Waals surface area contributed by atoms with Crippen molar-refractivity contribution < 1.29 is 19.1 Å². The van der Waals surface area contributed by atoms with Crippen molar-refractivity contribution in [3.05, 3.63) is 58.6 Å². The molecular formula is C22H31N3O5Si. The van der Waals surface area contributed by atoms with Gasteiger partial charge in [0, 0.05) is 18.2 Å². The smallest absolute Gasteiger partial charge is 0.351 e. The molecule has 1 aliphatic rings. The van der Waals surface area contributed by atoms with Crippen LogP contribution in [0.15, 0.2) is 47.4 Å². The van der Waals surface area contributed by atoms with Gasteiger partial charge in [-0.25, -0.2) is 4.79 Å². The monoisotopic (exact) mass is 445 g/mol. The third-order valence-corrected chi connectivity index (χ3v) is 10.6. The van der Waals surface area contributed by atoms with Crippen LogP contribution in [0, 0.1) is 0 Å². The molecule has 2 aromatic rings. The SMILES string of the molecule is CC(C)(C)[Si](C)(C)OC(C(=O)c1ccccc1)[C@H]1O[C@@H](n2ccc(N)nc2=O)C[C@@H]1O. The Kier molecular flexibility index (Phi) is 6.52. The van der Waals surface area contributed by atoms with Crippen LogP contribution in [0.25, 0.3) is 0 Å². The van der Waals surface area contributed by atoms with E-state index in [2.05, 4.69) is 25.8 Å². The summed E-state index contributed by atoms with van der Waals surface area (Å²) in [7, 11) is -2.39. The number of carbonyl (C=O) groups excluding carboxylic acids is 1. The molecule has 1 unspecified atom stereocenters. The fourth-order valence-corrected chi connectivity index (χ4v) is 4.53. The number of hydrogen-bond donors (Lipinski definition) is 2. The van der Waals surface area contributed by atoms with Crippen molar-refractivity contribution in [1.82, 2.24) is 9.55 Å². The second kappa shape index (κ2) is 8.66. The van der Waals surface area contributed by atoms with Crippen molar-refractivity contribution in [3.63, 3.8) is 0 Å². The number of aliphatic hydroxyl groups excluding tert-OH is 1. The fraction of sp³-hybridized carbons (Fsp3) is 0.500. The van der Waals surface area contributed by atoms with Crippen LogP contribution in [-0.4, -0.2) is 47.1 Å². The van der Waals surface area contributed by atoms with Gasteiger partial charge in [0.05, 0.1) is 6.10 Å². The average Bonchev–Trinajstić information content (AvgIpc) is 3.06. The molecule has 2 heterocycles. The first-order chi connectivity index (χ1) is 14.4. The van der Waals surface area contributed by atoms with Crippen LogP contribution in [-0.2, 0) is 9.16 Å². The molecule has 1 aliphatic heterocycles. The lowest BCUT2D eigenvalue weighted by Crippen LogP contribution is -2.52. The predicted molar refractivity (Wildman–Crippen MR) is 120 cm³/mol. The highest BCUT2D eigenvalue weighted by Gasteiger charge is 2.48. The third kappa shape index (κ3) is 4.95. The Labute approximate surface area is 183 Å². The molecule has 31 heavy (non-hydrogen) atoms. The summed E-state index contributed by atoms with van der Waals surface area (Å²) in [6.07, 6.45) is -2.06. The Morgan fingerprint density at radius 1 is 1.29 bits per heavy atom. The molecular weight excluding hydrogens is 414 g/mol. The lowest BCUT2D eigenvalue weighted by atomic mass is 9.99. The van der Waals surface area contributed by atoms with Gasteiger partial charge >= 0.3 is 5.69 Å². The summed E-state index contributed by atoms with van der Waals surface area (Å²) in [4.78, 5) is 29.4. The second-order valence-electron chi connectivity index (χ2n) is 9.43. The van der Waals surface area contributed by atoms with Crippen LogP contribution < -0.4 is 11.4 Å². The maximum atomic E-state index is 13.4. The van der Waals surface area contributed by atoms with Crippen molar-refractivity contribution in [3.8, 4) is 0 Å². The van der Waals surface area contributed by atoms with Crippen LogP contribution >= 0.6 is 0 Å². The Bertz CT molecular complexity index is 987. The average molecular weight is 446 g/mol. The number of nitrogens with zero attached hydrogens (tertiary/aromatic N) is 2. The zero-order chi connectivity index (χ0) is 23.0. The zero-order valence-corrected chi connectivity index (χ0v) is 19.6. The van der Waals surface area contributed by atoms with Crippen molar-refractivity contribution in [1.29, 1.82) is 0 Å². The fourth-order valence-electron chi connectivity index (χ4n) is 3.30. The molecule has 1 aromatic heterocycles. The van der Waals surface area contributed by atoms with E-state index < -0.39 is 38.5 Å². The number of ketones is 1. The molecule has 8 nitrogen and oxygen atoms in total. The normalized spacial score (nSPS) is 23.0. The second-order valence-corrected chi connectivity index (χ2v) is 14.2. The minimum atomic E-state index is -2.39. The van der Waals surface area contributed by atoms with Crippen LogP contribution in [0.5, 0.6) is 0 Å². The van der Waals surface area contributed by atoms with E-state index in [1.807, 2.05) is 19.2 Å².